The van der Waals surface area contributed by atoms with Crippen LogP contribution >= 0.6 is 11.6 Å². The first-order valence-electron chi connectivity index (χ1n) is 12.7. The second-order valence-electron chi connectivity index (χ2n) is 9.49. The maximum absolute atomic E-state index is 13.2. The number of aryl methyl sites for hydroxylation is 1. The third-order valence-electron chi connectivity index (χ3n) is 7.16. The topological polar surface area (TPSA) is 96.9 Å². The predicted molar refractivity (Wildman–Crippen MR) is 145 cm³/mol. The van der Waals surface area contributed by atoms with Gasteiger partial charge < -0.3 is 10.2 Å². The highest BCUT2D eigenvalue weighted by molar-refractivity contribution is 6.30. The van der Waals surface area contributed by atoms with Crippen LogP contribution in [0.25, 0.3) is 11.3 Å². The fourth-order valence-electron chi connectivity index (χ4n) is 5.14. The summed E-state index contributed by atoms with van der Waals surface area (Å²) < 4.78 is 3.50. The number of nitrogens with one attached hydrogen (secondary N) is 1. The van der Waals surface area contributed by atoms with Gasteiger partial charge in [0.05, 0.1) is 16.3 Å². The zero-order valence-electron chi connectivity index (χ0n) is 20.8. The number of imidazole rings is 1. The maximum Gasteiger partial charge on any atom is 0.274 e. The van der Waals surface area contributed by atoms with Crippen LogP contribution < -0.4 is 5.32 Å². The van der Waals surface area contributed by atoms with Gasteiger partial charge in [-0.05, 0) is 67.1 Å². The molecule has 1 aliphatic heterocycles. The zero-order valence-corrected chi connectivity index (χ0v) is 21.6. The molecule has 9 nitrogen and oxygen atoms in total. The molecule has 0 atom stereocenters. The van der Waals surface area contributed by atoms with Gasteiger partial charge in [0, 0.05) is 31.2 Å². The minimum Gasteiger partial charge on any atom is -0.339 e. The molecule has 4 aromatic heterocycles. The molecule has 38 heavy (non-hydrogen) atoms. The van der Waals surface area contributed by atoms with Crippen LogP contribution in [0.1, 0.15) is 57.8 Å². The number of carbonyl (C=O) groups is 2. The highest BCUT2D eigenvalue weighted by Gasteiger charge is 2.25. The summed E-state index contributed by atoms with van der Waals surface area (Å²) in [6, 6.07) is 15.2. The van der Waals surface area contributed by atoms with E-state index in [1.807, 2.05) is 30.0 Å². The monoisotopic (exact) mass is 527 g/mol. The first-order chi connectivity index (χ1) is 18.5. The van der Waals surface area contributed by atoms with Crippen molar-refractivity contribution in [3.63, 3.8) is 0 Å². The largest absolute Gasteiger partial charge is 0.339 e. The Bertz CT molecular complexity index is 1650. The Morgan fingerprint density at radius 2 is 1.76 bits per heavy atom. The minimum atomic E-state index is -0.221. The van der Waals surface area contributed by atoms with Crippen LogP contribution in [0.15, 0.2) is 67.3 Å². The van der Waals surface area contributed by atoms with Crippen molar-refractivity contribution in [1.82, 2.24) is 28.9 Å². The minimum absolute atomic E-state index is 0.0252. The smallest absolute Gasteiger partial charge is 0.274 e. The highest BCUT2D eigenvalue weighted by atomic mass is 35.5. The van der Waals surface area contributed by atoms with Gasteiger partial charge in [0.25, 0.3) is 11.8 Å². The average Bonchev–Trinajstić information content (AvgIpc) is 3.57. The second-order valence-corrected chi connectivity index (χ2v) is 9.93. The molecular formula is C28H26ClN7O2. The molecule has 1 N–H and O–H groups in total. The van der Waals surface area contributed by atoms with Crippen molar-refractivity contribution < 1.29 is 9.59 Å². The lowest BCUT2D eigenvalue weighted by molar-refractivity contribution is 0.0712. The standard InChI is InChI=1S/C28H26ClN7O2/c1-2-23-26(36-16-21(29)6-10-24(36)32-23)27(37)31-22-7-3-18(4-8-22)19-11-13-34(14-12-19)28(38)20-5-9-25-33-30-17-35(25)15-20/h3-10,15-17,19H,2,11-14H2,1H3,(H,31,37). The summed E-state index contributed by atoms with van der Waals surface area (Å²) in [5.74, 6) is 0.162. The molecular weight excluding hydrogens is 502 g/mol. The van der Waals surface area contributed by atoms with Crippen LogP contribution in [0.2, 0.25) is 5.02 Å². The van der Waals surface area contributed by atoms with Gasteiger partial charge in [0.1, 0.15) is 17.7 Å². The van der Waals surface area contributed by atoms with Gasteiger partial charge in [-0.15, -0.1) is 10.2 Å². The summed E-state index contributed by atoms with van der Waals surface area (Å²) in [7, 11) is 0. The quantitative estimate of drug-likeness (QED) is 0.352. The van der Waals surface area contributed by atoms with E-state index in [1.54, 1.807) is 45.7 Å². The van der Waals surface area contributed by atoms with Crippen molar-refractivity contribution in [2.24, 2.45) is 0 Å². The lowest BCUT2D eigenvalue weighted by Gasteiger charge is -2.32. The molecule has 0 aliphatic carbocycles. The van der Waals surface area contributed by atoms with Crippen LogP contribution in [0.4, 0.5) is 5.69 Å². The Morgan fingerprint density at radius 1 is 1.00 bits per heavy atom. The summed E-state index contributed by atoms with van der Waals surface area (Å²) >= 11 is 6.17. The Morgan fingerprint density at radius 3 is 2.53 bits per heavy atom. The summed E-state index contributed by atoms with van der Waals surface area (Å²) in [5, 5.41) is 11.4. The molecule has 1 aliphatic rings. The number of likely N-dealkylation sites (tertiary alicyclic amines) is 1. The van der Waals surface area contributed by atoms with E-state index in [-0.39, 0.29) is 11.8 Å². The summed E-state index contributed by atoms with van der Waals surface area (Å²) in [5.41, 5.74) is 5.19. The van der Waals surface area contributed by atoms with Crippen molar-refractivity contribution in [2.75, 3.05) is 18.4 Å². The number of benzene rings is 1. The summed E-state index contributed by atoms with van der Waals surface area (Å²) in [6.07, 6.45) is 7.49. The molecule has 1 saturated heterocycles. The molecule has 0 bridgehead atoms. The first-order valence-corrected chi connectivity index (χ1v) is 13.0. The molecule has 1 fully saturated rings. The number of fused-ring (bicyclic) bond motifs is 2. The fraction of sp³-hybridized carbons (Fsp3) is 0.250. The number of amides is 2. The number of rotatable bonds is 5. The first kappa shape index (κ1) is 24.1. The summed E-state index contributed by atoms with van der Waals surface area (Å²) in [4.78, 5) is 32.7. The maximum atomic E-state index is 13.2. The number of aromatic nitrogens is 5. The molecule has 6 rings (SSSR count). The highest BCUT2D eigenvalue weighted by Crippen LogP contribution is 2.30. The van der Waals surface area contributed by atoms with Crippen molar-refractivity contribution >= 4 is 40.4 Å². The van der Waals surface area contributed by atoms with E-state index < -0.39 is 0 Å². The van der Waals surface area contributed by atoms with Gasteiger partial charge in [-0.1, -0.05) is 30.7 Å². The molecule has 0 unspecified atom stereocenters. The number of hydrogen-bond acceptors (Lipinski definition) is 5. The molecule has 0 saturated carbocycles. The van der Waals surface area contributed by atoms with E-state index >= 15 is 0 Å². The van der Waals surface area contributed by atoms with Crippen LogP contribution in [0.5, 0.6) is 0 Å². The fourth-order valence-corrected chi connectivity index (χ4v) is 5.30. The lowest BCUT2D eigenvalue weighted by atomic mass is 9.89. The SMILES string of the molecule is CCc1nc2ccc(Cl)cn2c1C(=O)Nc1ccc(C2CCN(C(=O)c3ccc4nncn4c3)CC2)cc1. The number of nitrogens with zero attached hydrogens (tertiary/aromatic N) is 6. The Kier molecular flexibility index (Phi) is 6.29. The number of anilines is 1. The number of halogens is 1. The zero-order chi connectivity index (χ0) is 26.2. The second kappa shape index (κ2) is 9.90. The van der Waals surface area contributed by atoms with Gasteiger partial charge in [-0.2, -0.15) is 0 Å². The van der Waals surface area contributed by atoms with E-state index in [2.05, 4.69) is 32.6 Å². The third kappa shape index (κ3) is 4.50. The average molecular weight is 528 g/mol. The molecule has 2 amide bonds. The van der Waals surface area contributed by atoms with Crippen molar-refractivity contribution in [3.8, 4) is 0 Å². The molecule has 0 radical (unpaired) electrons. The van der Waals surface area contributed by atoms with E-state index in [0.29, 0.717) is 53.0 Å². The number of hydrogen-bond donors (Lipinski definition) is 1. The van der Waals surface area contributed by atoms with E-state index in [9.17, 15) is 9.59 Å². The Hall–Kier alpha value is -4.24. The molecule has 0 spiro atoms. The Labute approximate surface area is 224 Å². The van der Waals surface area contributed by atoms with Crippen LogP contribution in [-0.2, 0) is 6.42 Å². The molecule has 1 aromatic carbocycles. The van der Waals surface area contributed by atoms with Crippen molar-refractivity contribution in [3.05, 3.63) is 94.8 Å². The number of pyridine rings is 2. The van der Waals surface area contributed by atoms with Gasteiger partial charge in [0.15, 0.2) is 5.65 Å². The van der Waals surface area contributed by atoms with Gasteiger partial charge in [-0.25, -0.2) is 4.98 Å². The van der Waals surface area contributed by atoms with Crippen molar-refractivity contribution in [2.45, 2.75) is 32.1 Å². The molecule has 10 heteroatoms. The molecule has 192 valence electrons. The molecule has 5 aromatic rings. The van der Waals surface area contributed by atoms with Crippen LogP contribution in [0, 0.1) is 0 Å². The number of piperidine rings is 1. The third-order valence-corrected chi connectivity index (χ3v) is 7.39. The van der Waals surface area contributed by atoms with Gasteiger partial charge in [0.2, 0.25) is 0 Å². The van der Waals surface area contributed by atoms with Gasteiger partial charge >= 0.3 is 0 Å². The van der Waals surface area contributed by atoms with E-state index in [4.69, 9.17) is 11.6 Å². The van der Waals surface area contributed by atoms with Crippen molar-refractivity contribution in [1.29, 1.82) is 0 Å². The van der Waals surface area contributed by atoms with E-state index in [0.717, 1.165) is 24.2 Å². The summed E-state index contributed by atoms with van der Waals surface area (Å²) in [6.45, 7) is 3.36. The van der Waals surface area contributed by atoms with Crippen LogP contribution in [0.3, 0.4) is 0 Å². The Balaban J connectivity index is 1.10. The van der Waals surface area contributed by atoms with E-state index in [1.165, 1.54) is 5.56 Å². The normalized spacial score (nSPS) is 14.3. The predicted octanol–water partition coefficient (Wildman–Crippen LogP) is 4.86. The number of carbonyl (C=O) groups excluding carboxylic acids is 2. The van der Waals surface area contributed by atoms with Gasteiger partial charge in [-0.3, -0.25) is 18.4 Å². The lowest BCUT2D eigenvalue weighted by Crippen LogP contribution is -2.38. The van der Waals surface area contributed by atoms with Crippen LogP contribution in [-0.4, -0.2) is 53.8 Å². The molecule has 5 heterocycles.